The number of likely N-dealkylation sites (tertiary alicyclic amines) is 1. The van der Waals surface area contributed by atoms with Gasteiger partial charge in [-0.15, -0.1) is 24.0 Å². The maximum absolute atomic E-state index is 6.13. The third-order valence-corrected chi connectivity index (χ3v) is 5.89. The predicted molar refractivity (Wildman–Crippen MR) is 135 cm³/mol. The van der Waals surface area contributed by atoms with E-state index in [9.17, 15) is 0 Å². The molecule has 1 aromatic carbocycles. The lowest BCUT2D eigenvalue weighted by Crippen LogP contribution is -2.47. The van der Waals surface area contributed by atoms with Gasteiger partial charge in [0.2, 0.25) is 0 Å². The Hall–Kier alpha value is -1.06. The summed E-state index contributed by atoms with van der Waals surface area (Å²) in [6.45, 7) is 4.53. The van der Waals surface area contributed by atoms with Crippen LogP contribution in [-0.2, 0) is 15.9 Å². The Morgan fingerprint density at radius 1 is 1.17 bits per heavy atom. The van der Waals surface area contributed by atoms with Gasteiger partial charge in [0.05, 0.1) is 18.8 Å². The van der Waals surface area contributed by atoms with E-state index in [1.807, 2.05) is 7.05 Å². The normalized spacial score (nSPS) is 20.6. The fourth-order valence-electron chi connectivity index (χ4n) is 4.03. The van der Waals surface area contributed by atoms with Gasteiger partial charge in [-0.3, -0.25) is 4.99 Å². The number of nitrogens with one attached hydrogen (secondary N) is 1. The summed E-state index contributed by atoms with van der Waals surface area (Å²) >= 11 is 0. The highest BCUT2D eigenvalue weighted by Crippen LogP contribution is 2.18. The summed E-state index contributed by atoms with van der Waals surface area (Å²) in [5, 5.41) is 3.53. The number of nitrogens with zero attached hydrogens (tertiary/aromatic N) is 3. The molecule has 0 saturated carbocycles. The molecule has 2 aliphatic rings. The molecule has 1 atom stereocenters. The first-order chi connectivity index (χ1) is 14.2. The maximum Gasteiger partial charge on any atom is 0.193 e. The van der Waals surface area contributed by atoms with E-state index in [1.54, 1.807) is 0 Å². The number of rotatable bonds is 7. The summed E-state index contributed by atoms with van der Waals surface area (Å²) in [5.41, 5.74) is 2.58. The van der Waals surface area contributed by atoms with Crippen LogP contribution in [0.4, 0.5) is 5.69 Å². The van der Waals surface area contributed by atoms with Crippen LogP contribution in [-0.4, -0.2) is 77.1 Å². The molecule has 1 aromatic rings. The van der Waals surface area contributed by atoms with E-state index in [2.05, 4.69) is 58.5 Å². The fourth-order valence-corrected chi connectivity index (χ4v) is 4.03. The van der Waals surface area contributed by atoms with E-state index in [-0.39, 0.29) is 24.0 Å². The van der Waals surface area contributed by atoms with E-state index in [1.165, 1.54) is 24.1 Å². The lowest BCUT2D eigenvalue weighted by molar-refractivity contribution is -0.0721. The second-order valence-electron chi connectivity index (χ2n) is 8.29. The Morgan fingerprint density at radius 3 is 2.50 bits per heavy atom. The molecule has 1 N–H and O–H groups in total. The second kappa shape index (κ2) is 13.4. The van der Waals surface area contributed by atoms with Crippen LogP contribution in [0, 0.1) is 0 Å². The Kier molecular flexibility index (Phi) is 11.2. The number of halogens is 1. The molecule has 2 heterocycles. The van der Waals surface area contributed by atoms with E-state index in [0.717, 1.165) is 64.5 Å². The number of hydrogen-bond donors (Lipinski definition) is 1. The van der Waals surface area contributed by atoms with Crippen molar-refractivity contribution in [1.29, 1.82) is 0 Å². The zero-order chi connectivity index (χ0) is 20.5. The van der Waals surface area contributed by atoms with Crippen molar-refractivity contribution in [2.24, 2.45) is 4.99 Å². The molecule has 1 unspecified atom stereocenters. The molecule has 0 amide bonds. The Morgan fingerprint density at radius 2 is 1.90 bits per heavy atom. The van der Waals surface area contributed by atoms with Gasteiger partial charge < -0.3 is 24.6 Å². The largest absolute Gasteiger partial charge is 0.378 e. The topological polar surface area (TPSA) is 49.3 Å². The average Bonchev–Trinajstić information content (AvgIpc) is 2.77. The molecular formula is C23H39IN4O2. The van der Waals surface area contributed by atoms with Crippen molar-refractivity contribution >= 4 is 35.6 Å². The van der Waals surface area contributed by atoms with Crippen LogP contribution in [0.2, 0.25) is 0 Å². The molecule has 2 aliphatic heterocycles. The van der Waals surface area contributed by atoms with Crippen molar-refractivity contribution in [2.75, 3.05) is 58.9 Å². The Bertz CT molecular complexity index is 625. The molecule has 3 rings (SSSR count). The molecule has 6 nitrogen and oxygen atoms in total. The number of benzene rings is 1. The molecule has 0 radical (unpaired) electrons. The number of guanidine groups is 1. The van der Waals surface area contributed by atoms with Crippen LogP contribution in [0.1, 0.15) is 37.7 Å². The minimum atomic E-state index is 0. The van der Waals surface area contributed by atoms with E-state index >= 15 is 0 Å². The lowest BCUT2D eigenvalue weighted by Gasteiger charge is -2.35. The summed E-state index contributed by atoms with van der Waals surface area (Å²) in [6.07, 6.45) is 7.38. The van der Waals surface area contributed by atoms with Crippen LogP contribution < -0.4 is 10.2 Å². The van der Waals surface area contributed by atoms with Gasteiger partial charge in [-0.05, 0) is 56.2 Å². The average molecular weight is 530 g/mol. The van der Waals surface area contributed by atoms with Crippen LogP contribution in [0.25, 0.3) is 0 Å². The quantitative estimate of drug-likeness (QED) is 0.332. The van der Waals surface area contributed by atoms with Crippen LogP contribution >= 0.6 is 24.0 Å². The third-order valence-electron chi connectivity index (χ3n) is 5.89. The van der Waals surface area contributed by atoms with Gasteiger partial charge in [0.1, 0.15) is 0 Å². The van der Waals surface area contributed by atoms with Crippen molar-refractivity contribution in [3.63, 3.8) is 0 Å². The predicted octanol–water partition coefficient (Wildman–Crippen LogP) is 3.54. The summed E-state index contributed by atoms with van der Waals surface area (Å²) in [7, 11) is 6.01. The lowest BCUT2D eigenvalue weighted by atomic mass is 10.1. The van der Waals surface area contributed by atoms with E-state index in [0.29, 0.717) is 12.2 Å². The van der Waals surface area contributed by atoms with Gasteiger partial charge in [-0.25, -0.2) is 0 Å². The maximum atomic E-state index is 6.13. The molecule has 7 heteroatoms. The van der Waals surface area contributed by atoms with Gasteiger partial charge in [0.25, 0.3) is 0 Å². The molecule has 2 saturated heterocycles. The molecule has 170 valence electrons. The van der Waals surface area contributed by atoms with Gasteiger partial charge >= 0.3 is 0 Å². The van der Waals surface area contributed by atoms with Crippen molar-refractivity contribution < 1.29 is 9.47 Å². The van der Waals surface area contributed by atoms with Crippen LogP contribution in [0.5, 0.6) is 0 Å². The van der Waals surface area contributed by atoms with Crippen LogP contribution in [0.15, 0.2) is 29.3 Å². The zero-order valence-corrected chi connectivity index (χ0v) is 21.1. The minimum absolute atomic E-state index is 0. The monoisotopic (exact) mass is 530 g/mol. The van der Waals surface area contributed by atoms with Gasteiger partial charge in [-0.2, -0.15) is 0 Å². The third kappa shape index (κ3) is 7.89. The van der Waals surface area contributed by atoms with Crippen molar-refractivity contribution in [1.82, 2.24) is 10.2 Å². The van der Waals surface area contributed by atoms with E-state index in [4.69, 9.17) is 9.47 Å². The summed E-state index contributed by atoms with van der Waals surface area (Å²) in [4.78, 5) is 8.97. The fraction of sp³-hybridized carbons (Fsp3) is 0.696. The molecule has 0 aliphatic carbocycles. The highest BCUT2D eigenvalue weighted by Gasteiger charge is 2.23. The zero-order valence-electron chi connectivity index (χ0n) is 18.8. The molecule has 0 aromatic heterocycles. The summed E-state index contributed by atoms with van der Waals surface area (Å²) < 4.78 is 11.9. The van der Waals surface area contributed by atoms with Crippen molar-refractivity contribution in [3.8, 4) is 0 Å². The van der Waals surface area contributed by atoms with Gasteiger partial charge in [-0.1, -0.05) is 12.1 Å². The van der Waals surface area contributed by atoms with Gasteiger partial charge in [0, 0.05) is 53.1 Å². The number of ether oxygens (including phenoxy) is 2. The second-order valence-corrected chi connectivity index (χ2v) is 8.29. The molecular weight excluding hydrogens is 491 g/mol. The Labute approximate surface area is 199 Å². The highest BCUT2D eigenvalue weighted by molar-refractivity contribution is 14.0. The number of anilines is 1. The van der Waals surface area contributed by atoms with Gasteiger partial charge in [0.15, 0.2) is 5.96 Å². The first kappa shape index (κ1) is 25.2. The molecule has 2 fully saturated rings. The van der Waals surface area contributed by atoms with E-state index < -0.39 is 0 Å². The standard InChI is InChI=1S/C23H38N4O2.HI/c1-24-23(25-14-11-19-7-9-20(10-8-19)26(2)3)27-15-12-21(13-16-27)29-18-22-6-4-5-17-28-22;/h7-10,21-22H,4-6,11-18H2,1-3H3,(H,24,25);1H. The number of piperidine rings is 1. The minimum Gasteiger partial charge on any atom is -0.378 e. The summed E-state index contributed by atoms with van der Waals surface area (Å²) in [6, 6.07) is 8.76. The molecule has 0 bridgehead atoms. The molecule has 0 spiro atoms. The van der Waals surface area contributed by atoms with Crippen molar-refractivity contribution in [3.05, 3.63) is 29.8 Å². The smallest absolute Gasteiger partial charge is 0.193 e. The first-order valence-electron chi connectivity index (χ1n) is 11.1. The first-order valence-corrected chi connectivity index (χ1v) is 11.1. The molecule has 30 heavy (non-hydrogen) atoms. The highest BCUT2D eigenvalue weighted by atomic mass is 127. The summed E-state index contributed by atoms with van der Waals surface area (Å²) in [5.74, 6) is 1.00. The van der Waals surface area contributed by atoms with Crippen molar-refractivity contribution in [2.45, 2.75) is 50.7 Å². The Balaban J connectivity index is 0.00000320. The number of hydrogen-bond acceptors (Lipinski definition) is 4. The van der Waals surface area contributed by atoms with Crippen LogP contribution in [0.3, 0.4) is 0 Å². The SMILES string of the molecule is CN=C(NCCc1ccc(N(C)C)cc1)N1CCC(OCC2CCCCO2)CC1.I. The number of aliphatic imine (C=N–C) groups is 1.